The van der Waals surface area contributed by atoms with E-state index >= 15 is 0 Å². The number of fused-ring (bicyclic) bond motifs is 3. The maximum atomic E-state index is 5.25. The highest BCUT2D eigenvalue weighted by Gasteiger charge is 2.19. The highest BCUT2D eigenvalue weighted by atomic mass is 32.1. The molecule has 0 fully saturated rings. The Kier molecular flexibility index (Phi) is 1.10. The lowest BCUT2D eigenvalue weighted by molar-refractivity contribution is 0.578. The molecule has 1 N–H and O–H groups in total. The minimum Gasteiger partial charge on any atom is -0.448 e. The number of rotatable bonds is 0. The maximum absolute atomic E-state index is 5.25. The minimum absolute atomic E-state index is 0.777. The Bertz CT molecular complexity index is 378. The van der Waals surface area contributed by atoms with Crippen LogP contribution in [0.15, 0.2) is 22.3 Å². The molecule has 60 valence electrons. The number of anilines is 1. The van der Waals surface area contributed by atoms with Crippen LogP contribution < -0.4 is 5.32 Å². The molecule has 4 heteroatoms. The van der Waals surface area contributed by atoms with Gasteiger partial charge in [-0.3, -0.25) is 0 Å². The molecule has 0 spiro atoms. The number of hydrogen-bond acceptors (Lipinski definition) is 4. The fourth-order valence-corrected chi connectivity index (χ4v) is 2.24. The molecular weight excluding hydrogens is 172 g/mol. The summed E-state index contributed by atoms with van der Waals surface area (Å²) in [5, 5.41) is 3.16. The van der Waals surface area contributed by atoms with E-state index in [1.807, 2.05) is 11.6 Å². The van der Waals surface area contributed by atoms with E-state index in [1.165, 1.54) is 4.88 Å². The summed E-state index contributed by atoms with van der Waals surface area (Å²) in [7, 11) is 0. The Morgan fingerprint density at radius 2 is 2.58 bits per heavy atom. The average molecular weight is 178 g/mol. The van der Waals surface area contributed by atoms with Gasteiger partial charge in [-0.05, 0) is 6.07 Å². The smallest absolute Gasteiger partial charge is 0.201 e. The molecule has 0 aliphatic carbocycles. The van der Waals surface area contributed by atoms with Gasteiger partial charge in [0, 0.05) is 0 Å². The Labute approximate surface area is 73.1 Å². The summed E-state index contributed by atoms with van der Waals surface area (Å²) in [6, 6.07) is 1.97. The van der Waals surface area contributed by atoms with E-state index in [9.17, 15) is 0 Å². The first kappa shape index (κ1) is 6.25. The predicted octanol–water partition coefficient (Wildman–Crippen LogP) is 2.33. The van der Waals surface area contributed by atoms with Crippen molar-refractivity contribution < 1.29 is 4.42 Å². The van der Waals surface area contributed by atoms with Crippen LogP contribution in [-0.2, 0) is 6.54 Å². The predicted molar refractivity (Wildman–Crippen MR) is 47.1 cm³/mol. The zero-order chi connectivity index (χ0) is 7.97. The van der Waals surface area contributed by atoms with Crippen molar-refractivity contribution in [3.05, 3.63) is 23.5 Å². The fourth-order valence-electron chi connectivity index (χ4n) is 1.40. The van der Waals surface area contributed by atoms with E-state index in [-0.39, 0.29) is 0 Å². The van der Waals surface area contributed by atoms with Crippen molar-refractivity contribution in [2.75, 3.05) is 5.32 Å². The summed E-state index contributed by atoms with van der Waals surface area (Å²) >= 11 is 1.66. The molecule has 12 heavy (non-hydrogen) atoms. The second-order valence-electron chi connectivity index (χ2n) is 2.65. The molecule has 0 aromatic carbocycles. The van der Waals surface area contributed by atoms with Gasteiger partial charge in [0.25, 0.3) is 0 Å². The van der Waals surface area contributed by atoms with E-state index in [0.29, 0.717) is 0 Å². The van der Waals surface area contributed by atoms with Crippen LogP contribution in [-0.4, -0.2) is 4.98 Å². The van der Waals surface area contributed by atoms with Gasteiger partial charge in [-0.2, -0.15) is 0 Å². The molecule has 0 unspecified atom stereocenters. The van der Waals surface area contributed by atoms with Crippen molar-refractivity contribution in [1.29, 1.82) is 0 Å². The van der Waals surface area contributed by atoms with Gasteiger partial charge in [-0.1, -0.05) is 0 Å². The number of nitrogens with zero attached hydrogens (tertiary/aromatic N) is 1. The van der Waals surface area contributed by atoms with Crippen molar-refractivity contribution in [3.63, 3.8) is 0 Å². The Morgan fingerprint density at radius 3 is 3.58 bits per heavy atom. The topological polar surface area (TPSA) is 38.1 Å². The fraction of sp³-hybridized carbons (Fsp3) is 0.125. The third-order valence-corrected chi connectivity index (χ3v) is 2.87. The molecule has 0 atom stereocenters. The molecule has 0 bridgehead atoms. The zero-order valence-electron chi connectivity index (χ0n) is 6.20. The van der Waals surface area contributed by atoms with Gasteiger partial charge in [0.1, 0.15) is 0 Å². The lowest BCUT2D eigenvalue weighted by atomic mass is 10.2. The largest absolute Gasteiger partial charge is 0.448 e. The average Bonchev–Trinajstić information content (AvgIpc) is 2.71. The summed E-state index contributed by atoms with van der Waals surface area (Å²) in [5.74, 6) is 0.867. The molecular formula is C8H6N2OS. The summed E-state index contributed by atoms with van der Waals surface area (Å²) in [6.07, 6.45) is 1.70. The number of furan rings is 1. The number of nitrogens with one attached hydrogen (secondary N) is 1. The highest BCUT2D eigenvalue weighted by Crippen LogP contribution is 2.38. The van der Waals surface area contributed by atoms with Gasteiger partial charge in [0.05, 0.1) is 34.5 Å². The Hall–Kier alpha value is -1.29. The monoisotopic (exact) mass is 178 g/mol. The maximum Gasteiger partial charge on any atom is 0.201 e. The van der Waals surface area contributed by atoms with Crippen molar-refractivity contribution in [3.8, 4) is 10.4 Å². The number of hydrogen-bond donors (Lipinski definition) is 1. The van der Waals surface area contributed by atoms with E-state index in [1.54, 1.807) is 17.6 Å². The van der Waals surface area contributed by atoms with Crippen LogP contribution in [0, 0.1) is 0 Å². The SMILES string of the molecule is c1cc2c(o1)NCc1ncsc1-2. The molecule has 1 aliphatic heterocycles. The molecule has 3 nitrogen and oxygen atoms in total. The van der Waals surface area contributed by atoms with Crippen LogP contribution in [0.2, 0.25) is 0 Å². The molecule has 0 saturated carbocycles. The van der Waals surface area contributed by atoms with Crippen LogP contribution in [0.1, 0.15) is 5.69 Å². The third-order valence-electron chi connectivity index (χ3n) is 1.97. The van der Waals surface area contributed by atoms with E-state index in [0.717, 1.165) is 23.7 Å². The Balaban J connectivity index is 2.32. The highest BCUT2D eigenvalue weighted by molar-refractivity contribution is 7.13. The van der Waals surface area contributed by atoms with Crippen LogP contribution >= 0.6 is 11.3 Å². The summed E-state index contributed by atoms with van der Waals surface area (Å²) < 4.78 is 5.25. The van der Waals surface area contributed by atoms with Crippen molar-refractivity contribution in [2.24, 2.45) is 0 Å². The van der Waals surface area contributed by atoms with Gasteiger partial charge in [0.2, 0.25) is 5.88 Å². The van der Waals surface area contributed by atoms with Crippen molar-refractivity contribution >= 4 is 17.2 Å². The van der Waals surface area contributed by atoms with Crippen molar-refractivity contribution in [2.45, 2.75) is 6.54 Å². The van der Waals surface area contributed by atoms with E-state index in [2.05, 4.69) is 10.3 Å². The van der Waals surface area contributed by atoms with E-state index < -0.39 is 0 Å². The first-order chi connectivity index (χ1) is 5.95. The summed E-state index contributed by atoms with van der Waals surface area (Å²) in [6.45, 7) is 0.777. The zero-order valence-corrected chi connectivity index (χ0v) is 7.02. The van der Waals surface area contributed by atoms with Gasteiger partial charge < -0.3 is 9.73 Å². The lowest BCUT2D eigenvalue weighted by Crippen LogP contribution is -2.05. The standard InChI is InChI=1S/C8H6N2OS/c1-2-11-8-5(1)7-6(3-9-8)10-4-12-7/h1-2,4,9H,3H2. The molecule has 0 radical (unpaired) electrons. The van der Waals surface area contributed by atoms with Crippen LogP contribution in [0.3, 0.4) is 0 Å². The first-order valence-electron chi connectivity index (χ1n) is 3.69. The summed E-state index contributed by atoms with van der Waals surface area (Å²) in [4.78, 5) is 5.48. The lowest BCUT2D eigenvalue weighted by Gasteiger charge is -2.10. The van der Waals surface area contributed by atoms with E-state index in [4.69, 9.17) is 4.42 Å². The molecule has 1 aliphatic rings. The van der Waals surface area contributed by atoms with Gasteiger partial charge in [-0.15, -0.1) is 11.3 Å². The van der Waals surface area contributed by atoms with Crippen molar-refractivity contribution in [1.82, 2.24) is 4.98 Å². The molecule has 3 rings (SSSR count). The third kappa shape index (κ3) is 0.674. The van der Waals surface area contributed by atoms with Crippen LogP contribution in [0.25, 0.3) is 10.4 Å². The second kappa shape index (κ2) is 2.10. The second-order valence-corrected chi connectivity index (χ2v) is 3.50. The molecule has 2 aromatic rings. The van der Waals surface area contributed by atoms with Crippen LogP contribution in [0.5, 0.6) is 0 Å². The number of thiazole rings is 1. The van der Waals surface area contributed by atoms with Gasteiger partial charge >= 0.3 is 0 Å². The van der Waals surface area contributed by atoms with Crippen LogP contribution in [0.4, 0.5) is 5.88 Å². The molecule has 2 aromatic heterocycles. The summed E-state index contributed by atoms with van der Waals surface area (Å²) in [5.41, 5.74) is 4.13. The Morgan fingerprint density at radius 1 is 1.58 bits per heavy atom. The number of aromatic nitrogens is 1. The quantitative estimate of drug-likeness (QED) is 0.672. The molecule has 3 heterocycles. The first-order valence-corrected chi connectivity index (χ1v) is 4.57. The minimum atomic E-state index is 0.777. The normalized spacial score (nSPS) is 13.3. The molecule has 0 amide bonds. The van der Waals surface area contributed by atoms with Gasteiger partial charge in [-0.25, -0.2) is 4.98 Å². The van der Waals surface area contributed by atoms with Gasteiger partial charge in [0.15, 0.2) is 0 Å². The molecule has 0 saturated heterocycles.